The van der Waals surface area contributed by atoms with Crippen LogP contribution in [0.4, 0.5) is 5.69 Å². The van der Waals surface area contributed by atoms with Crippen LogP contribution in [0.15, 0.2) is 79.1 Å². The highest BCUT2D eigenvalue weighted by Crippen LogP contribution is 2.25. The number of fused-ring (bicyclic) bond motifs is 1. The molecule has 0 radical (unpaired) electrons. The highest BCUT2D eigenvalue weighted by molar-refractivity contribution is 6.07. The summed E-state index contributed by atoms with van der Waals surface area (Å²) >= 11 is 0. The molecular formula is C25H23N5O2. The molecule has 0 saturated carbocycles. The predicted molar refractivity (Wildman–Crippen MR) is 123 cm³/mol. The van der Waals surface area contributed by atoms with Crippen molar-refractivity contribution in [1.82, 2.24) is 19.9 Å². The van der Waals surface area contributed by atoms with Gasteiger partial charge in [-0.3, -0.25) is 9.59 Å². The SMILES string of the molecule is O=C(Nc1ccccc1-n1ccnn1)C1CCCN(C(=O)c2cccc3ccccc23)C1. The summed E-state index contributed by atoms with van der Waals surface area (Å²) in [4.78, 5) is 28.2. The second kappa shape index (κ2) is 8.63. The maximum absolute atomic E-state index is 13.3. The molecule has 0 spiro atoms. The standard InChI is InChI=1S/C25H23N5O2/c31-24(27-22-12-3-4-13-23(22)30-16-14-26-28-30)19-9-6-15-29(17-19)25(32)21-11-5-8-18-7-1-2-10-20(18)21/h1-5,7-8,10-14,16,19H,6,9,15,17H2,(H,27,31). The topological polar surface area (TPSA) is 80.1 Å². The molecule has 1 atom stereocenters. The van der Waals surface area contributed by atoms with E-state index < -0.39 is 0 Å². The van der Waals surface area contributed by atoms with Crippen LogP contribution in [0.1, 0.15) is 23.2 Å². The Balaban J connectivity index is 1.33. The number of piperidine rings is 1. The minimum Gasteiger partial charge on any atom is -0.338 e. The third-order valence-electron chi connectivity index (χ3n) is 5.93. The van der Waals surface area contributed by atoms with Crippen molar-refractivity contribution >= 4 is 28.3 Å². The van der Waals surface area contributed by atoms with Crippen LogP contribution in [0.2, 0.25) is 0 Å². The zero-order valence-electron chi connectivity index (χ0n) is 17.5. The van der Waals surface area contributed by atoms with Gasteiger partial charge in [-0.05, 0) is 41.8 Å². The van der Waals surface area contributed by atoms with Crippen LogP contribution in [0.3, 0.4) is 0 Å². The minimum atomic E-state index is -0.272. The Morgan fingerprint density at radius 1 is 0.969 bits per heavy atom. The van der Waals surface area contributed by atoms with Gasteiger partial charge in [-0.2, -0.15) is 0 Å². The van der Waals surface area contributed by atoms with E-state index in [2.05, 4.69) is 15.6 Å². The third-order valence-corrected chi connectivity index (χ3v) is 5.93. The number of aromatic nitrogens is 3. The first kappa shape index (κ1) is 19.9. The van der Waals surface area contributed by atoms with Crippen molar-refractivity contribution in [2.75, 3.05) is 18.4 Å². The average molecular weight is 425 g/mol. The number of anilines is 1. The summed E-state index contributed by atoms with van der Waals surface area (Å²) in [5.74, 6) is -0.387. The first-order valence-electron chi connectivity index (χ1n) is 10.7. The molecule has 2 heterocycles. The van der Waals surface area contributed by atoms with E-state index in [1.54, 1.807) is 22.0 Å². The van der Waals surface area contributed by atoms with Crippen molar-refractivity contribution < 1.29 is 9.59 Å². The number of rotatable bonds is 4. The lowest BCUT2D eigenvalue weighted by Crippen LogP contribution is -2.43. The molecule has 1 aromatic heterocycles. The number of hydrogen-bond donors (Lipinski definition) is 1. The monoisotopic (exact) mass is 425 g/mol. The van der Waals surface area contributed by atoms with Crippen LogP contribution in [0.5, 0.6) is 0 Å². The number of likely N-dealkylation sites (tertiary alicyclic amines) is 1. The van der Waals surface area contributed by atoms with E-state index in [0.29, 0.717) is 24.3 Å². The van der Waals surface area contributed by atoms with Gasteiger partial charge in [0, 0.05) is 18.7 Å². The van der Waals surface area contributed by atoms with Crippen LogP contribution < -0.4 is 5.32 Å². The Morgan fingerprint density at radius 3 is 2.66 bits per heavy atom. The van der Waals surface area contributed by atoms with Crippen LogP contribution in [-0.2, 0) is 4.79 Å². The van der Waals surface area contributed by atoms with E-state index in [-0.39, 0.29) is 17.7 Å². The number of amides is 2. The van der Waals surface area contributed by atoms with E-state index >= 15 is 0 Å². The zero-order chi connectivity index (χ0) is 21.9. The fourth-order valence-corrected chi connectivity index (χ4v) is 4.31. The molecular weight excluding hydrogens is 402 g/mol. The average Bonchev–Trinajstić information content (AvgIpc) is 3.38. The Hall–Kier alpha value is -4.00. The van der Waals surface area contributed by atoms with Crippen molar-refractivity contribution in [3.63, 3.8) is 0 Å². The normalized spacial score (nSPS) is 16.1. The van der Waals surface area contributed by atoms with Crippen LogP contribution >= 0.6 is 0 Å². The quantitative estimate of drug-likeness (QED) is 0.538. The highest BCUT2D eigenvalue weighted by atomic mass is 16.2. The maximum atomic E-state index is 13.3. The Labute approximate surface area is 185 Å². The van der Waals surface area contributed by atoms with Gasteiger partial charge < -0.3 is 10.2 Å². The lowest BCUT2D eigenvalue weighted by atomic mass is 9.95. The smallest absolute Gasteiger partial charge is 0.254 e. The molecule has 32 heavy (non-hydrogen) atoms. The predicted octanol–water partition coefficient (Wildman–Crippen LogP) is 3.91. The van der Waals surface area contributed by atoms with Gasteiger partial charge in [-0.1, -0.05) is 53.7 Å². The molecule has 3 aromatic carbocycles. The largest absolute Gasteiger partial charge is 0.338 e. The number of carbonyl (C=O) groups excluding carboxylic acids is 2. The third kappa shape index (κ3) is 3.85. The van der Waals surface area contributed by atoms with Gasteiger partial charge in [0.15, 0.2) is 0 Å². The van der Waals surface area contributed by atoms with Crippen molar-refractivity contribution in [3.05, 3.63) is 84.7 Å². The molecule has 1 aliphatic rings. The fraction of sp³-hybridized carbons (Fsp3) is 0.200. The first-order valence-corrected chi connectivity index (χ1v) is 10.7. The Bertz CT molecular complexity index is 1260. The summed E-state index contributed by atoms with van der Waals surface area (Å²) in [5, 5.41) is 12.9. The van der Waals surface area contributed by atoms with Crippen molar-refractivity contribution in [1.29, 1.82) is 0 Å². The Kier molecular flexibility index (Phi) is 5.37. The number of benzene rings is 3. The second-order valence-electron chi connectivity index (χ2n) is 7.97. The first-order chi connectivity index (χ1) is 15.7. The fourth-order valence-electron chi connectivity index (χ4n) is 4.31. The highest BCUT2D eigenvalue weighted by Gasteiger charge is 2.30. The van der Waals surface area contributed by atoms with Gasteiger partial charge in [0.2, 0.25) is 5.91 Å². The summed E-state index contributed by atoms with van der Waals surface area (Å²) < 4.78 is 1.62. The number of carbonyl (C=O) groups is 2. The maximum Gasteiger partial charge on any atom is 0.254 e. The molecule has 2 amide bonds. The van der Waals surface area contributed by atoms with Crippen molar-refractivity contribution in [2.24, 2.45) is 5.92 Å². The van der Waals surface area contributed by atoms with E-state index in [9.17, 15) is 9.59 Å². The molecule has 1 aliphatic heterocycles. The number of hydrogen-bond acceptors (Lipinski definition) is 4. The molecule has 1 unspecified atom stereocenters. The molecule has 5 rings (SSSR count). The van der Waals surface area contributed by atoms with Crippen molar-refractivity contribution in [2.45, 2.75) is 12.8 Å². The van der Waals surface area contributed by atoms with E-state index in [0.717, 1.165) is 29.3 Å². The zero-order valence-corrected chi connectivity index (χ0v) is 17.5. The van der Waals surface area contributed by atoms with Gasteiger partial charge >= 0.3 is 0 Å². The summed E-state index contributed by atoms with van der Waals surface area (Å²) in [5.41, 5.74) is 2.10. The van der Waals surface area contributed by atoms with Gasteiger partial charge in [-0.25, -0.2) is 4.68 Å². The van der Waals surface area contributed by atoms with Crippen molar-refractivity contribution in [3.8, 4) is 5.69 Å². The van der Waals surface area contributed by atoms with Crippen LogP contribution in [0.25, 0.3) is 16.5 Å². The summed E-state index contributed by atoms with van der Waals surface area (Å²) in [6.07, 6.45) is 4.86. The van der Waals surface area contributed by atoms with Crippen LogP contribution in [0, 0.1) is 5.92 Å². The van der Waals surface area contributed by atoms with Gasteiger partial charge in [-0.15, -0.1) is 5.10 Å². The molecule has 1 saturated heterocycles. The molecule has 0 bridgehead atoms. The summed E-state index contributed by atoms with van der Waals surface area (Å²) in [6, 6.07) is 21.1. The Morgan fingerprint density at radius 2 is 1.78 bits per heavy atom. The van der Waals surface area contributed by atoms with Gasteiger partial charge in [0.05, 0.1) is 29.7 Å². The molecule has 1 N–H and O–H groups in total. The lowest BCUT2D eigenvalue weighted by molar-refractivity contribution is -0.121. The van der Waals surface area contributed by atoms with Gasteiger partial charge in [0.25, 0.3) is 5.91 Å². The summed E-state index contributed by atoms with van der Waals surface area (Å²) in [6.45, 7) is 1.06. The second-order valence-corrected chi connectivity index (χ2v) is 7.97. The minimum absolute atomic E-state index is 0.0256. The lowest BCUT2D eigenvalue weighted by Gasteiger charge is -2.32. The van der Waals surface area contributed by atoms with Crippen LogP contribution in [-0.4, -0.2) is 44.8 Å². The molecule has 7 nitrogen and oxygen atoms in total. The molecule has 7 heteroatoms. The van der Waals surface area contributed by atoms with E-state index in [4.69, 9.17) is 0 Å². The van der Waals surface area contributed by atoms with E-state index in [1.165, 1.54) is 0 Å². The molecule has 1 fully saturated rings. The van der Waals surface area contributed by atoms with E-state index in [1.807, 2.05) is 66.7 Å². The molecule has 160 valence electrons. The number of nitrogens with one attached hydrogen (secondary N) is 1. The number of para-hydroxylation sites is 2. The molecule has 4 aromatic rings. The molecule has 0 aliphatic carbocycles. The number of nitrogens with zero attached hydrogens (tertiary/aromatic N) is 4. The van der Waals surface area contributed by atoms with Gasteiger partial charge in [0.1, 0.15) is 0 Å². The summed E-state index contributed by atoms with van der Waals surface area (Å²) in [7, 11) is 0.